The van der Waals surface area contributed by atoms with E-state index in [2.05, 4.69) is 11.1 Å². The van der Waals surface area contributed by atoms with Crippen LogP contribution in [0.25, 0.3) is 10.8 Å². The molecule has 2 nitrogen and oxygen atoms in total. The zero-order valence-corrected chi connectivity index (χ0v) is 5.83. The lowest BCUT2D eigenvalue weighted by atomic mass is 10.1. The number of aromatic nitrogens is 1. The second-order valence-corrected chi connectivity index (χ2v) is 2.38. The third-order valence-electron chi connectivity index (χ3n) is 1.73. The first kappa shape index (κ1) is 5.99. The van der Waals surface area contributed by atoms with Crippen LogP contribution >= 0.6 is 0 Å². The molecule has 0 amide bonds. The maximum absolute atomic E-state index is 8.69. The average Bonchev–Trinajstić information content (AvgIpc) is 2.50. The number of aromatic amines is 1. The molecule has 1 heterocycles. The molecule has 0 bridgehead atoms. The molecular formula is C9H6N2. The smallest absolute Gasteiger partial charge is 0.0998 e. The van der Waals surface area contributed by atoms with Crippen LogP contribution in [0.15, 0.2) is 30.6 Å². The van der Waals surface area contributed by atoms with Gasteiger partial charge in [0.25, 0.3) is 0 Å². The topological polar surface area (TPSA) is 39.6 Å². The van der Waals surface area contributed by atoms with Gasteiger partial charge in [-0.1, -0.05) is 12.1 Å². The minimum atomic E-state index is 0.726. The lowest BCUT2D eigenvalue weighted by Crippen LogP contribution is -1.72. The Hall–Kier alpha value is -1.75. The van der Waals surface area contributed by atoms with Crippen molar-refractivity contribution in [3.63, 3.8) is 0 Å². The Morgan fingerprint density at radius 2 is 2.18 bits per heavy atom. The van der Waals surface area contributed by atoms with Crippen molar-refractivity contribution in [3.05, 3.63) is 36.2 Å². The number of benzene rings is 1. The minimum absolute atomic E-state index is 0.726. The standard InChI is InChI=1S/C9H6N2/c10-4-7-2-1-3-8-5-11-6-9(7)8/h1-3,5-6,11H. The van der Waals surface area contributed by atoms with Crippen LogP contribution in [0.3, 0.4) is 0 Å². The normalized spacial score (nSPS) is 9.73. The van der Waals surface area contributed by atoms with E-state index < -0.39 is 0 Å². The molecule has 0 aliphatic rings. The number of rotatable bonds is 0. The summed E-state index contributed by atoms with van der Waals surface area (Å²) in [6.45, 7) is 0. The van der Waals surface area contributed by atoms with Crippen molar-refractivity contribution in [2.45, 2.75) is 0 Å². The highest BCUT2D eigenvalue weighted by Crippen LogP contribution is 2.16. The number of fused-ring (bicyclic) bond motifs is 1. The summed E-state index contributed by atoms with van der Waals surface area (Å²) in [5, 5.41) is 10.8. The van der Waals surface area contributed by atoms with Crippen LogP contribution in [0.1, 0.15) is 5.56 Å². The SMILES string of the molecule is N#Cc1cccc2c[nH]cc12. The Labute approximate surface area is 64.1 Å². The van der Waals surface area contributed by atoms with E-state index in [-0.39, 0.29) is 0 Å². The van der Waals surface area contributed by atoms with Crippen LogP contribution in [0.4, 0.5) is 0 Å². The van der Waals surface area contributed by atoms with Gasteiger partial charge in [-0.25, -0.2) is 0 Å². The fourth-order valence-corrected chi connectivity index (χ4v) is 1.18. The maximum Gasteiger partial charge on any atom is 0.0998 e. The Bertz CT molecular complexity index is 420. The second kappa shape index (κ2) is 2.14. The first-order valence-electron chi connectivity index (χ1n) is 3.37. The summed E-state index contributed by atoms with van der Waals surface area (Å²) < 4.78 is 0. The number of nitriles is 1. The molecule has 0 spiro atoms. The summed E-state index contributed by atoms with van der Waals surface area (Å²) in [5.41, 5.74) is 0.726. The first-order chi connectivity index (χ1) is 5.42. The average molecular weight is 142 g/mol. The molecule has 0 saturated carbocycles. The third-order valence-corrected chi connectivity index (χ3v) is 1.73. The maximum atomic E-state index is 8.69. The van der Waals surface area contributed by atoms with Crippen LogP contribution in [0, 0.1) is 11.3 Å². The Kier molecular flexibility index (Phi) is 1.16. The molecule has 2 rings (SSSR count). The lowest BCUT2D eigenvalue weighted by Gasteiger charge is -1.89. The van der Waals surface area contributed by atoms with E-state index >= 15 is 0 Å². The highest BCUT2D eigenvalue weighted by Gasteiger charge is 1.97. The van der Waals surface area contributed by atoms with Crippen LogP contribution in [0.5, 0.6) is 0 Å². The van der Waals surface area contributed by atoms with Gasteiger partial charge in [0.05, 0.1) is 11.6 Å². The van der Waals surface area contributed by atoms with Crippen LogP contribution < -0.4 is 0 Å². The molecule has 1 aromatic heterocycles. The Morgan fingerprint density at radius 1 is 1.27 bits per heavy atom. The van der Waals surface area contributed by atoms with Crippen molar-refractivity contribution >= 4 is 10.8 Å². The van der Waals surface area contributed by atoms with E-state index in [4.69, 9.17) is 5.26 Å². The fourth-order valence-electron chi connectivity index (χ4n) is 1.18. The van der Waals surface area contributed by atoms with Crippen LogP contribution in [0.2, 0.25) is 0 Å². The molecule has 2 heteroatoms. The summed E-state index contributed by atoms with van der Waals surface area (Å²) in [5.74, 6) is 0. The molecule has 2 aromatic rings. The lowest BCUT2D eigenvalue weighted by molar-refractivity contribution is 1.43. The summed E-state index contributed by atoms with van der Waals surface area (Å²) >= 11 is 0. The van der Waals surface area contributed by atoms with Gasteiger partial charge in [-0.2, -0.15) is 5.26 Å². The molecule has 0 atom stereocenters. The van der Waals surface area contributed by atoms with Crippen LogP contribution in [-0.4, -0.2) is 4.98 Å². The van der Waals surface area contributed by atoms with Gasteiger partial charge in [-0.3, -0.25) is 0 Å². The monoisotopic (exact) mass is 142 g/mol. The van der Waals surface area contributed by atoms with Crippen molar-refractivity contribution in [1.82, 2.24) is 4.98 Å². The zero-order chi connectivity index (χ0) is 7.68. The van der Waals surface area contributed by atoms with E-state index in [1.54, 1.807) is 0 Å². The molecular weight excluding hydrogens is 136 g/mol. The molecule has 0 aliphatic heterocycles. The molecule has 1 N–H and O–H groups in total. The highest BCUT2D eigenvalue weighted by atomic mass is 14.6. The molecule has 0 fully saturated rings. The van der Waals surface area contributed by atoms with E-state index in [0.29, 0.717) is 0 Å². The molecule has 0 unspecified atom stereocenters. The largest absolute Gasteiger partial charge is 0.366 e. The van der Waals surface area contributed by atoms with Crippen molar-refractivity contribution in [3.8, 4) is 6.07 Å². The molecule has 52 valence electrons. The molecule has 0 radical (unpaired) electrons. The Balaban J connectivity index is 2.92. The van der Waals surface area contributed by atoms with Gasteiger partial charge in [-0.15, -0.1) is 0 Å². The van der Waals surface area contributed by atoms with Crippen molar-refractivity contribution < 1.29 is 0 Å². The number of hydrogen-bond donors (Lipinski definition) is 1. The van der Waals surface area contributed by atoms with Gasteiger partial charge in [-0.05, 0) is 6.07 Å². The van der Waals surface area contributed by atoms with E-state index in [9.17, 15) is 0 Å². The quantitative estimate of drug-likeness (QED) is 0.600. The van der Waals surface area contributed by atoms with Crippen molar-refractivity contribution in [1.29, 1.82) is 5.26 Å². The number of nitrogens with one attached hydrogen (secondary N) is 1. The fraction of sp³-hybridized carbons (Fsp3) is 0. The van der Waals surface area contributed by atoms with Gasteiger partial charge < -0.3 is 4.98 Å². The van der Waals surface area contributed by atoms with Gasteiger partial charge in [0.15, 0.2) is 0 Å². The number of H-pyrrole nitrogens is 1. The molecule has 1 aromatic carbocycles. The second-order valence-electron chi connectivity index (χ2n) is 2.38. The predicted molar refractivity (Wildman–Crippen MR) is 43.0 cm³/mol. The summed E-state index contributed by atoms with van der Waals surface area (Å²) in [6, 6.07) is 7.81. The van der Waals surface area contributed by atoms with Gasteiger partial charge in [0, 0.05) is 23.2 Å². The molecule has 11 heavy (non-hydrogen) atoms. The van der Waals surface area contributed by atoms with Gasteiger partial charge in [0.2, 0.25) is 0 Å². The third kappa shape index (κ3) is 0.786. The minimum Gasteiger partial charge on any atom is -0.366 e. The van der Waals surface area contributed by atoms with E-state index in [0.717, 1.165) is 16.3 Å². The first-order valence-corrected chi connectivity index (χ1v) is 3.37. The summed E-state index contributed by atoms with van der Waals surface area (Å²) in [7, 11) is 0. The molecule has 0 aliphatic carbocycles. The van der Waals surface area contributed by atoms with Gasteiger partial charge >= 0.3 is 0 Å². The van der Waals surface area contributed by atoms with Crippen molar-refractivity contribution in [2.24, 2.45) is 0 Å². The zero-order valence-electron chi connectivity index (χ0n) is 5.83. The van der Waals surface area contributed by atoms with E-state index in [1.807, 2.05) is 30.6 Å². The summed E-state index contributed by atoms with van der Waals surface area (Å²) in [4.78, 5) is 2.96. The van der Waals surface area contributed by atoms with Gasteiger partial charge in [0.1, 0.15) is 0 Å². The van der Waals surface area contributed by atoms with Crippen LogP contribution in [-0.2, 0) is 0 Å². The Morgan fingerprint density at radius 3 is 3.00 bits per heavy atom. The van der Waals surface area contributed by atoms with E-state index in [1.165, 1.54) is 0 Å². The molecule has 0 saturated heterocycles. The number of hydrogen-bond acceptors (Lipinski definition) is 1. The predicted octanol–water partition coefficient (Wildman–Crippen LogP) is 2.04. The summed E-state index contributed by atoms with van der Waals surface area (Å²) in [6.07, 6.45) is 3.73. The highest BCUT2D eigenvalue weighted by molar-refractivity contribution is 5.87. The number of nitrogens with zero attached hydrogens (tertiary/aromatic N) is 1. The van der Waals surface area contributed by atoms with Crippen molar-refractivity contribution in [2.75, 3.05) is 0 Å².